The van der Waals surface area contributed by atoms with Crippen LogP contribution in [0.2, 0.25) is 0 Å². The molecule has 3 atom stereocenters. The van der Waals surface area contributed by atoms with E-state index in [4.69, 9.17) is 4.74 Å². The standard InChI is InChI=1S/C18H23N3O5.C7H8/c1-3-13(22)21-7-6-19(17(25)18(21)4-5-18)10-14(23)20-9-11-8-12(11)15(20)16(24)26-2;1-7-5-3-2-4-6-7/h3,11-12,15H,1,4-10H2,2H3;2-6H,1H3. The van der Waals surface area contributed by atoms with Crippen molar-refractivity contribution in [3.63, 3.8) is 0 Å². The minimum atomic E-state index is -0.793. The first kappa shape index (κ1) is 23.0. The normalized spacial score (nSPS) is 26.2. The Balaban J connectivity index is 0.000000318. The van der Waals surface area contributed by atoms with Gasteiger partial charge in [0, 0.05) is 19.6 Å². The number of hydrogen-bond acceptors (Lipinski definition) is 5. The molecule has 2 saturated carbocycles. The van der Waals surface area contributed by atoms with Gasteiger partial charge in [0.25, 0.3) is 0 Å². The number of carbonyl (C=O) groups is 4. The molecule has 8 heteroatoms. The van der Waals surface area contributed by atoms with Gasteiger partial charge in [-0.15, -0.1) is 0 Å². The Bertz CT molecular complexity index is 958. The fourth-order valence-electron chi connectivity index (χ4n) is 5.06. The monoisotopic (exact) mass is 453 g/mol. The number of amides is 3. The minimum absolute atomic E-state index is 0.0519. The van der Waals surface area contributed by atoms with Gasteiger partial charge in [-0.3, -0.25) is 14.4 Å². The van der Waals surface area contributed by atoms with Crippen LogP contribution in [0.3, 0.4) is 0 Å². The van der Waals surface area contributed by atoms with Crippen molar-refractivity contribution in [2.24, 2.45) is 11.8 Å². The highest BCUT2D eigenvalue weighted by molar-refractivity contribution is 5.99. The zero-order valence-corrected chi connectivity index (χ0v) is 19.2. The lowest BCUT2D eigenvalue weighted by atomic mass is 10.1. The van der Waals surface area contributed by atoms with Crippen LogP contribution in [-0.4, -0.2) is 83.3 Å². The molecular formula is C25H31N3O5. The van der Waals surface area contributed by atoms with Gasteiger partial charge in [0.2, 0.25) is 17.7 Å². The maximum absolute atomic E-state index is 12.9. The number of fused-ring (bicyclic) bond motifs is 1. The van der Waals surface area contributed by atoms with Crippen LogP contribution in [0.25, 0.3) is 0 Å². The van der Waals surface area contributed by atoms with Gasteiger partial charge in [-0.25, -0.2) is 4.79 Å². The highest BCUT2D eigenvalue weighted by Gasteiger charge is 2.61. The van der Waals surface area contributed by atoms with E-state index < -0.39 is 11.6 Å². The van der Waals surface area contributed by atoms with Crippen LogP contribution in [0, 0.1) is 18.8 Å². The fraction of sp³-hybridized carbons (Fsp3) is 0.520. The third-order valence-electron chi connectivity index (χ3n) is 7.14. The van der Waals surface area contributed by atoms with E-state index in [9.17, 15) is 19.2 Å². The van der Waals surface area contributed by atoms with Crippen molar-refractivity contribution in [2.45, 2.75) is 37.8 Å². The first-order valence-corrected chi connectivity index (χ1v) is 11.4. The zero-order chi connectivity index (χ0) is 23.8. The van der Waals surface area contributed by atoms with Crippen molar-refractivity contribution in [3.8, 4) is 0 Å². The van der Waals surface area contributed by atoms with Crippen LogP contribution in [-0.2, 0) is 23.9 Å². The summed E-state index contributed by atoms with van der Waals surface area (Å²) in [7, 11) is 1.33. The Labute approximate surface area is 194 Å². The second-order valence-electron chi connectivity index (χ2n) is 9.28. The summed E-state index contributed by atoms with van der Waals surface area (Å²) >= 11 is 0. The lowest BCUT2D eigenvalue weighted by Crippen LogP contribution is -2.62. The smallest absolute Gasteiger partial charge is 0.328 e. The molecule has 8 nitrogen and oxygen atoms in total. The molecule has 2 heterocycles. The summed E-state index contributed by atoms with van der Waals surface area (Å²) in [6.07, 6.45) is 3.42. The molecule has 1 spiro atoms. The number of esters is 1. The van der Waals surface area contributed by atoms with Crippen LogP contribution < -0.4 is 0 Å². The number of likely N-dealkylation sites (tertiary alicyclic amines) is 1. The maximum Gasteiger partial charge on any atom is 0.328 e. The minimum Gasteiger partial charge on any atom is -0.467 e. The molecule has 4 aliphatic rings. The van der Waals surface area contributed by atoms with E-state index in [1.165, 1.54) is 23.6 Å². The van der Waals surface area contributed by atoms with E-state index in [0.29, 0.717) is 38.4 Å². The molecule has 2 aliphatic carbocycles. The number of nitrogens with zero attached hydrogens (tertiary/aromatic N) is 3. The van der Waals surface area contributed by atoms with E-state index in [-0.39, 0.29) is 36.2 Å². The third-order valence-corrected chi connectivity index (χ3v) is 7.14. The number of hydrogen-bond donors (Lipinski definition) is 0. The summed E-state index contributed by atoms with van der Waals surface area (Å²) < 4.78 is 4.85. The highest BCUT2D eigenvalue weighted by atomic mass is 16.5. The largest absolute Gasteiger partial charge is 0.467 e. The lowest BCUT2D eigenvalue weighted by Gasteiger charge is -2.41. The summed E-state index contributed by atoms with van der Waals surface area (Å²) in [5, 5.41) is 0. The molecule has 2 aliphatic heterocycles. The Morgan fingerprint density at radius 3 is 2.42 bits per heavy atom. The van der Waals surface area contributed by atoms with Gasteiger partial charge in [-0.05, 0) is 44.1 Å². The SMILES string of the molecule is C=CC(=O)N1CCN(CC(=O)N2CC3CC3C2C(=O)OC)C(=O)C12CC2.Cc1ccccc1. The van der Waals surface area contributed by atoms with Gasteiger partial charge in [0.05, 0.1) is 13.7 Å². The first-order valence-electron chi connectivity index (χ1n) is 11.4. The van der Waals surface area contributed by atoms with Gasteiger partial charge < -0.3 is 19.4 Å². The molecule has 1 aromatic carbocycles. The average molecular weight is 454 g/mol. The summed E-state index contributed by atoms with van der Waals surface area (Å²) in [5.41, 5.74) is 0.529. The fourth-order valence-corrected chi connectivity index (χ4v) is 5.06. The van der Waals surface area contributed by atoms with Gasteiger partial charge >= 0.3 is 5.97 Å². The molecule has 3 amide bonds. The van der Waals surface area contributed by atoms with Crippen molar-refractivity contribution < 1.29 is 23.9 Å². The Kier molecular flexibility index (Phi) is 6.28. The highest BCUT2D eigenvalue weighted by Crippen LogP contribution is 2.50. The predicted molar refractivity (Wildman–Crippen MR) is 121 cm³/mol. The number of piperidine rings is 1. The first-order chi connectivity index (χ1) is 15.8. The van der Waals surface area contributed by atoms with Crippen LogP contribution in [0.15, 0.2) is 43.0 Å². The van der Waals surface area contributed by atoms with Crippen LogP contribution >= 0.6 is 0 Å². The average Bonchev–Trinajstić information content (AvgIpc) is 3.74. The van der Waals surface area contributed by atoms with Gasteiger partial charge in [0.1, 0.15) is 11.6 Å². The van der Waals surface area contributed by atoms with Crippen molar-refractivity contribution in [1.29, 1.82) is 0 Å². The van der Waals surface area contributed by atoms with Crippen molar-refractivity contribution in [2.75, 3.05) is 33.3 Å². The molecule has 0 aromatic heterocycles. The number of ether oxygens (including phenoxy) is 1. The molecule has 0 bridgehead atoms. The lowest BCUT2D eigenvalue weighted by molar-refractivity contribution is -0.157. The van der Waals surface area contributed by atoms with E-state index in [2.05, 4.69) is 25.6 Å². The molecule has 0 radical (unpaired) electrons. The number of piperazine rings is 1. The van der Waals surface area contributed by atoms with Crippen LogP contribution in [0.5, 0.6) is 0 Å². The van der Waals surface area contributed by atoms with Crippen molar-refractivity contribution in [1.82, 2.24) is 14.7 Å². The summed E-state index contributed by atoms with van der Waals surface area (Å²) in [4.78, 5) is 54.4. The predicted octanol–water partition coefficient (Wildman–Crippen LogP) is 1.39. The molecule has 33 heavy (non-hydrogen) atoms. The topological polar surface area (TPSA) is 87.2 Å². The van der Waals surface area contributed by atoms with E-state index in [0.717, 1.165) is 6.42 Å². The van der Waals surface area contributed by atoms with E-state index in [1.807, 2.05) is 18.2 Å². The van der Waals surface area contributed by atoms with Crippen LogP contribution in [0.4, 0.5) is 0 Å². The number of methoxy groups -OCH3 is 1. The summed E-state index contributed by atoms with van der Waals surface area (Å²) in [6.45, 7) is 6.80. The molecule has 176 valence electrons. The quantitative estimate of drug-likeness (QED) is 0.508. The second-order valence-corrected chi connectivity index (χ2v) is 9.28. The third kappa shape index (κ3) is 4.38. The summed E-state index contributed by atoms with van der Waals surface area (Å²) in [6, 6.07) is 9.74. The molecule has 0 N–H and O–H groups in total. The number of benzene rings is 1. The summed E-state index contributed by atoms with van der Waals surface area (Å²) in [5.74, 6) is -0.456. The second kappa shape index (κ2) is 9.00. The number of rotatable bonds is 4. The Morgan fingerprint density at radius 1 is 1.18 bits per heavy atom. The van der Waals surface area contributed by atoms with Gasteiger partial charge in [-0.2, -0.15) is 0 Å². The molecule has 1 aromatic rings. The molecule has 2 saturated heterocycles. The van der Waals surface area contributed by atoms with Gasteiger partial charge in [-0.1, -0.05) is 42.5 Å². The molecule has 5 rings (SSSR count). The maximum atomic E-state index is 12.9. The molecule has 4 fully saturated rings. The van der Waals surface area contributed by atoms with E-state index >= 15 is 0 Å². The molecular weight excluding hydrogens is 422 g/mol. The van der Waals surface area contributed by atoms with Crippen molar-refractivity contribution >= 4 is 23.7 Å². The Morgan fingerprint density at radius 2 is 1.88 bits per heavy atom. The van der Waals surface area contributed by atoms with E-state index in [1.54, 1.807) is 9.80 Å². The van der Waals surface area contributed by atoms with Crippen molar-refractivity contribution in [3.05, 3.63) is 48.6 Å². The molecule has 3 unspecified atom stereocenters. The van der Waals surface area contributed by atoms with Crippen LogP contribution in [0.1, 0.15) is 24.8 Å². The van der Waals surface area contributed by atoms with Gasteiger partial charge in [0.15, 0.2) is 0 Å². The number of carbonyl (C=O) groups excluding carboxylic acids is 4. The number of aryl methyl sites for hydroxylation is 1. The Hall–Kier alpha value is -3.16. The zero-order valence-electron chi connectivity index (χ0n) is 19.2.